The molecule has 6 nitrogen and oxygen atoms in total. The Morgan fingerprint density at radius 3 is 2.45 bits per heavy atom. The van der Waals surface area contributed by atoms with Crippen LogP contribution in [0.25, 0.3) is 0 Å². The van der Waals surface area contributed by atoms with Crippen LogP contribution in [-0.4, -0.2) is 53.2 Å². The molecule has 29 heavy (non-hydrogen) atoms. The third-order valence-corrected chi connectivity index (χ3v) is 4.75. The maximum absolute atomic E-state index is 13.9. The Morgan fingerprint density at radius 1 is 1.28 bits per heavy atom. The lowest BCUT2D eigenvalue weighted by Crippen LogP contribution is -2.56. The number of β-amino-alcohol motifs (C(OH)–C–C–N with tert-alkyl or cyclic N) is 1. The number of aliphatic hydroxyl groups is 1. The van der Waals surface area contributed by atoms with E-state index in [1.807, 2.05) is 0 Å². The maximum Gasteiger partial charge on any atom is 0.257 e. The molecule has 1 aromatic carbocycles. The van der Waals surface area contributed by atoms with Crippen LogP contribution in [0.5, 0.6) is 0 Å². The summed E-state index contributed by atoms with van der Waals surface area (Å²) in [7, 11) is 0. The molecule has 0 spiro atoms. The molecule has 0 saturated carbocycles. The number of nitrogens with one attached hydrogen (secondary N) is 2. The van der Waals surface area contributed by atoms with E-state index in [2.05, 4.69) is 10.6 Å². The van der Waals surface area contributed by atoms with Gasteiger partial charge < -0.3 is 21.5 Å². The van der Waals surface area contributed by atoms with E-state index >= 15 is 0 Å². The highest BCUT2D eigenvalue weighted by Gasteiger charge is 2.38. The first-order valence-corrected chi connectivity index (χ1v) is 9.21. The smallest absolute Gasteiger partial charge is 0.257 e. The lowest BCUT2D eigenvalue weighted by Gasteiger charge is -2.27. The molecule has 1 heterocycles. The number of amides is 1. The van der Waals surface area contributed by atoms with Crippen LogP contribution in [0.1, 0.15) is 32.3 Å². The predicted molar refractivity (Wildman–Crippen MR) is 97.2 cm³/mol. The van der Waals surface area contributed by atoms with Gasteiger partial charge in [0.05, 0.1) is 6.10 Å². The van der Waals surface area contributed by atoms with Crippen molar-refractivity contribution in [2.75, 3.05) is 6.54 Å². The number of Topliss-reactive ketones (excluding diaryl/α,β-unsaturated/α-hetero) is 1. The van der Waals surface area contributed by atoms with Gasteiger partial charge in [-0.3, -0.25) is 9.59 Å². The summed E-state index contributed by atoms with van der Waals surface area (Å²) in [5.41, 5.74) is 3.46. The number of nitrogens with two attached hydrogens (primary N) is 1. The van der Waals surface area contributed by atoms with E-state index < -0.39 is 59.0 Å². The second-order valence-electron chi connectivity index (χ2n) is 7.82. The van der Waals surface area contributed by atoms with Crippen molar-refractivity contribution < 1.29 is 32.3 Å². The van der Waals surface area contributed by atoms with Gasteiger partial charge in [0.15, 0.2) is 23.1 Å². The number of benzene rings is 1. The van der Waals surface area contributed by atoms with Gasteiger partial charge in [0.1, 0.15) is 11.9 Å². The van der Waals surface area contributed by atoms with Crippen LogP contribution in [0.2, 0.25) is 0 Å². The standard InChI is InChI=1S/C19H25F4N3O3/c1-19(2,23)18(29)26-17(15-6-11(27)8-25-15)16(28)5-10(24)3-9-4-13(21)14(22)7-12(9)20/h4,7,10-11,15,17,25,27H,3,5-6,8,24H2,1-2H3,(H,26,29)/t10?,11-,15+,17?/m1/s1. The van der Waals surface area contributed by atoms with Gasteiger partial charge in [0.2, 0.25) is 0 Å². The Kier molecular flexibility index (Phi) is 7.36. The number of hydrogen-bond donors (Lipinski definition) is 4. The Hall–Kier alpha value is -2.04. The molecule has 10 heteroatoms. The fourth-order valence-electron chi connectivity index (χ4n) is 3.18. The minimum absolute atomic E-state index is 0.163. The number of carbonyl (C=O) groups is 2. The second-order valence-corrected chi connectivity index (χ2v) is 7.82. The monoisotopic (exact) mass is 419 g/mol. The topological polar surface area (TPSA) is 104 Å². The molecule has 5 N–H and O–H groups in total. The average Bonchev–Trinajstić information content (AvgIpc) is 3.02. The molecule has 2 rings (SSSR count). The Labute approximate surface area is 165 Å². The summed E-state index contributed by atoms with van der Waals surface area (Å²) in [6.07, 6.45) is -1.14. The van der Waals surface area contributed by atoms with E-state index in [1.54, 1.807) is 0 Å². The van der Waals surface area contributed by atoms with Crippen LogP contribution < -0.4 is 16.4 Å². The number of carbonyl (C=O) groups excluding carboxylic acids is 2. The fraction of sp³-hybridized carbons (Fsp3) is 0.579. The summed E-state index contributed by atoms with van der Waals surface area (Å²) in [4.78, 5) is 24.8. The number of rotatable bonds is 8. The molecule has 0 aromatic heterocycles. The van der Waals surface area contributed by atoms with Crippen molar-refractivity contribution >= 4 is 11.7 Å². The van der Waals surface area contributed by atoms with Crippen molar-refractivity contribution in [2.45, 2.75) is 63.0 Å². The van der Waals surface area contributed by atoms with Gasteiger partial charge in [-0.15, -0.1) is 0 Å². The van der Waals surface area contributed by atoms with Crippen LogP contribution in [0, 0.1) is 17.5 Å². The Morgan fingerprint density at radius 2 is 1.90 bits per heavy atom. The molecule has 1 aliphatic rings. The molecular formula is C19H25F4N3O3. The van der Waals surface area contributed by atoms with Crippen LogP contribution in [0.4, 0.5) is 17.6 Å². The molecule has 0 bridgehead atoms. The third kappa shape index (κ3) is 6.22. The third-order valence-electron chi connectivity index (χ3n) is 4.75. The minimum atomic E-state index is -2.23. The predicted octanol–water partition coefficient (Wildman–Crippen LogP) is 0.889. The first-order chi connectivity index (χ1) is 13.4. The van der Waals surface area contributed by atoms with Crippen LogP contribution >= 0.6 is 0 Å². The number of ketones is 1. The summed E-state index contributed by atoms with van der Waals surface area (Å²) in [6, 6.07) is -1.66. The fourth-order valence-corrected chi connectivity index (χ4v) is 3.18. The van der Waals surface area contributed by atoms with Crippen molar-refractivity contribution in [3.05, 3.63) is 35.1 Å². The SMILES string of the molecule is CC(C)(F)C(=O)NC(C(=O)CC(N)Cc1cc(F)c(F)cc1F)[C@@H]1C[C@@H](O)CN1. The molecule has 1 saturated heterocycles. The molecule has 1 fully saturated rings. The zero-order chi connectivity index (χ0) is 21.9. The lowest BCUT2D eigenvalue weighted by molar-refractivity contribution is -0.135. The largest absolute Gasteiger partial charge is 0.392 e. The molecule has 1 aliphatic heterocycles. The second kappa shape index (κ2) is 9.19. The van der Waals surface area contributed by atoms with Crippen LogP contribution in [0.15, 0.2) is 12.1 Å². The van der Waals surface area contributed by atoms with Gasteiger partial charge in [-0.05, 0) is 38.3 Å². The Balaban J connectivity index is 2.10. The molecule has 162 valence electrons. The van der Waals surface area contributed by atoms with Gasteiger partial charge >= 0.3 is 0 Å². The first kappa shape index (κ1) is 23.2. The van der Waals surface area contributed by atoms with Gasteiger partial charge in [-0.2, -0.15) is 0 Å². The number of alkyl halides is 1. The van der Waals surface area contributed by atoms with E-state index in [9.17, 15) is 32.3 Å². The van der Waals surface area contributed by atoms with Crippen molar-refractivity contribution in [3.63, 3.8) is 0 Å². The maximum atomic E-state index is 13.9. The summed E-state index contributed by atoms with van der Waals surface area (Å²) >= 11 is 0. The van der Waals surface area contributed by atoms with Crippen molar-refractivity contribution in [3.8, 4) is 0 Å². The number of aliphatic hydroxyl groups excluding tert-OH is 1. The molecule has 0 radical (unpaired) electrons. The van der Waals surface area contributed by atoms with Crippen LogP contribution in [-0.2, 0) is 16.0 Å². The van der Waals surface area contributed by atoms with Gasteiger partial charge in [-0.25, -0.2) is 17.6 Å². The normalized spacial score (nSPS) is 21.7. The van der Waals surface area contributed by atoms with Gasteiger partial charge in [0.25, 0.3) is 5.91 Å². The van der Waals surface area contributed by atoms with Gasteiger partial charge in [-0.1, -0.05) is 0 Å². The lowest BCUT2D eigenvalue weighted by atomic mass is 9.93. The van der Waals surface area contributed by atoms with Gasteiger partial charge in [0, 0.05) is 31.1 Å². The highest BCUT2D eigenvalue weighted by Crippen LogP contribution is 2.18. The molecule has 1 amide bonds. The van der Waals surface area contributed by atoms with E-state index in [-0.39, 0.29) is 31.4 Å². The highest BCUT2D eigenvalue weighted by atomic mass is 19.2. The summed E-state index contributed by atoms with van der Waals surface area (Å²) < 4.78 is 54.1. The molecule has 1 aromatic rings. The zero-order valence-corrected chi connectivity index (χ0v) is 16.1. The van der Waals surface area contributed by atoms with E-state index in [0.717, 1.165) is 13.8 Å². The molecule has 0 aliphatic carbocycles. The highest BCUT2D eigenvalue weighted by molar-refractivity contribution is 5.92. The quantitative estimate of drug-likeness (QED) is 0.370. The number of hydrogen-bond acceptors (Lipinski definition) is 5. The first-order valence-electron chi connectivity index (χ1n) is 9.21. The van der Waals surface area contributed by atoms with Crippen LogP contribution in [0.3, 0.4) is 0 Å². The van der Waals surface area contributed by atoms with E-state index in [0.29, 0.717) is 12.1 Å². The molecule has 4 atom stereocenters. The van der Waals surface area contributed by atoms with Crippen molar-refractivity contribution in [2.24, 2.45) is 5.73 Å². The zero-order valence-electron chi connectivity index (χ0n) is 16.1. The minimum Gasteiger partial charge on any atom is -0.392 e. The Bertz CT molecular complexity index is 770. The summed E-state index contributed by atoms with van der Waals surface area (Å²) in [5, 5.41) is 14.9. The summed E-state index contributed by atoms with van der Waals surface area (Å²) in [5.74, 6) is -5.11. The van der Waals surface area contributed by atoms with E-state index in [4.69, 9.17) is 5.73 Å². The number of halogens is 4. The van der Waals surface area contributed by atoms with Crippen molar-refractivity contribution in [1.82, 2.24) is 10.6 Å². The summed E-state index contributed by atoms with van der Waals surface area (Å²) in [6.45, 7) is 2.28. The van der Waals surface area contributed by atoms with E-state index in [1.165, 1.54) is 0 Å². The molecular weight excluding hydrogens is 394 g/mol. The van der Waals surface area contributed by atoms with Crippen molar-refractivity contribution in [1.29, 1.82) is 0 Å². The average molecular weight is 419 g/mol. The molecule has 2 unspecified atom stereocenters.